The van der Waals surface area contributed by atoms with Crippen molar-refractivity contribution >= 4 is 19.5 Å². The molecule has 8 heteroatoms. The first-order valence-electron chi connectivity index (χ1n) is 7.97. The molecule has 0 aliphatic carbocycles. The molecule has 5 N–H and O–H groups in total. The number of benzene rings is 1. The molecule has 0 aromatic heterocycles. The highest BCUT2D eigenvalue weighted by Crippen LogP contribution is 2.17. The van der Waals surface area contributed by atoms with Crippen LogP contribution in [-0.4, -0.2) is 37.3 Å². The second-order valence-corrected chi connectivity index (χ2v) is 5.98. The summed E-state index contributed by atoms with van der Waals surface area (Å²) in [5.41, 5.74) is 5.12. The Balaban J connectivity index is 2.59. The summed E-state index contributed by atoms with van der Waals surface area (Å²) in [6, 6.07) is 9.45. The van der Waals surface area contributed by atoms with Crippen LogP contribution in [0.5, 0.6) is 0 Å². The molecule has 0 bridgehead atoms. The van der Waals surface area contributed by atoms with Crippen LogP contribution in [-0.2, 0) is 20.8 Å². The van der Waals surface area contributed by atoms with Gasteiger partial charge in [-0.15, -0.1) is 0 Å². The highest BCUT2D eigenvalue weighted by atomic mass is 16.5. The van der Waals surface area contributed by atoms with Gasteiger partial charge in [-0.05, 0) is 38.8 Å². The first kappa shape index (κ1) is 20.2. The van der Waals surface area contributed by atoms with Crippen molar-refractivity contribution in [1.29, 1.82) is 0 Å². The van der Waals surface area contributed by atoms with Crippen LogP contribution in [0, 0.1) is 5.41 Å². The summed E-state index contributed by atoms with van der Waals surface area (Å²) in [7, 11) is -0.518. The smallest absolute Gasteiger partial charge is 0.430 e. The summed E-state index contributed by atoms with van der Waals surface area (Å²) in [6.07, 6.45) is 0.420. The average molecular weight is 335 g/mol. The Morgan fingerprint density at radius 3 is 2.54 bits per heavy atom. The Labute approximate surface area is 143 Å². The van der Waals surface area contributed by atoms with Gasteiger partial charge in [0.2, 0.25) is 11.8 Å². The summed E-state index contributed by atoms with van der Waals surface area (Å²) in [5.74, 6) is -0.853. The third-order valence-corrected chi connectivity index (χ3v) is 3.67. The van der Waals surface area contributed by atoms with Crippen LogP contribution >= 0.6 is 0 Å². The zero-order chi connectivity index (χ0) is 18.0. The summed E-state index contributed by atoms with van der Waals surface area (Å²) >= 11 is 0. The predicted octanol–water partition coefficient (Wildman–Crippen LogP) is -0.214. The molecule has 0 saturated heterocycles. The molecule has 0 aliphatic rings. The van der Waals surface area contributed by atoms with Crippen molar-refractivity contribution in [2.75, 3.05) is 6.54 Å². The lowest BCUT2D eigenvalue weighted by molar-refractivity contribution is -0.143. The van der Waals surface area contributed by atoms with Crippen LogP contribution in [0.15, 0.2) is 30.3 Å². The average Bonchev–Trinajstić information content (AvgIpc) is 2.58. The zero-order valence-corrected chi connectivity index (χ0v) is 14.2. The van der Waals surface area contributed by atoms with Gasteiger partial charge in [-0.3, -0.25) is 9.59 Å². The summed E-state index contributed by atoms with van der Waals surface area (Å²) in [5, 5.41) is 14.3. The van der Waals surface area contributed by atoms with Gasteiger partial charge in [0.15, 0.2) is 0 Å². The number of hydrogen-bond acceptors (Lipinski definition) is 5. The van der Waals surface area contributed by atoms with E-state index >= 15 is 0 Å². The Hall–Kier alpha value is -1.90. The molecule has 7 nitrogen and oxygen atoms in total. The lowest BCUT2D eigenvalue weighted by atomic mass is 9.90. The van der Waals surface area contributed by atoms with Crippen molar-refractivity contribution < 1.29 is 19.3 Å². The van der Waals surface area contributed by atoms with E-state index in [1.807, 2.05) is 30.3 Å². The lowest BCUT2D eigenvalue weighted by Crippen LogP contribution is -2.51. The summed E-state index contributed by atoms with van der Waals surface area (Å²) < 4.78 is 5.06. The quantitative estimate of drug-likeness (QED) is 0.268. The van der Waals surface area contributed by atoms with Gasteiger partial charge in [-0.25, -0.2) is 0 Å². The van der Waals surface area contributed by atoms with Gasteiger partial charge in [0.25, 0.3) is 0 Å². The van der Waals surface area contributed by atoms with E-state index in [0.717, 1.165) is 5.56 Å². The molecule has 1 rings (SSSR count). The first-order valence-corrected chi connectivity index (χ1v) is 7.97. The van der Waals surface area contributed by atoms with Gasteiger partial charge in [0, 0.05) is 6.54 Å². The maximum atomic E-state index is 12.4. The second-order valence-electron chi connectivity index (χ2n) is 5.98. The number of nitrogens with one attached hydrogen (secondary N) is 2. The number of amides is 2. The molecule has 1 aromatic carbocycles. The molecule has 1 aromatic rings. The van der Waals surface area contributed by atoms with Crippen LogP contribution in [0.4, 0.5) is 0 Å². The molecule has 2 amide bonds. The minimum Gasteiger partial charge on any atom is -0.430 e. The highest BCUT2D eigenvalue weighted by Gasteiger charge is 2.36. The highest BCUT2D eigenvalue weighted by molar-refractivity contribution is 6.16. The van der Waals surface area contributed by atoms with Gasteiger partial charge >= 0.3 is 7.69 Å². The van der Waals surface area contributed by atoms with Crippen molar-refractivity contribution in [3.8, 4) is 0 Å². The molecule has 0 saturated carbocycles. The molecule has 1 atom stereocenters. The molecule has 0 heterocycles. The van der Waals surface area contributed by atoms with Gasteiger partial charge in [0.1, 0.15) is 11.6 Å². The fraction of sp³-hybridized carbons (Fsp3) is 0.500. The fourth-order valence-electron chi connectivity index (χ4n) is 2.02. The third-order valence-electron chi connectivity index (χ3n) is 3.67. The normalized spacial score (nSPS) is 12.3. The number of nitrogens with two attached hydrogens (primary N) is 1. The fourth-order valence-corrected chi connectivity index (χ4v) is 2.02. The van der Waals surface area contributed by atoms with Crippen molar-refractivity contribution in [2.24, 2.45) is 11.1 Å². The second kappa shape index (κ2) is 10.1. The van der Waals surface area contributed by atoms with Crippen LogP contribution in [0.3, 0.4) is 0 Å². The largest absolute Gasteiger partial charge is 0.436 e. The Bertz CT molecular complexity index is 525. The lowest BCUT2D eigenvalue weighted by Gasteiger charge is -2.26. The molecule has 0 aliphatic heterocycles. The molecule has 0 unspecified atom stereocenters. The summed E-state index contributed by atoms with van der Waals surface area (Å²) in [4.78, 5) is 24.8. The first-order chi connectivity index (χ1) is 11.4. The van der Waals surface area contributed by atoms with E-state index in [-0.39, 0.29) is 5.91 Å². The van der Waals surface area contributed by atoms with Gasteiger partial charge < -0.3 is 26.0 Å². The van der Waals surface area contributed by atoms with E-state index in [0.29, 0.717) is 25.9 Å². The Kier molecular flexibility index (Phi) is 8.46. The van der Waals surface area contributed by atoms with E-state index in [1.54, 1.807) is 13.8 Å². The zero-order valence-electron chi connectivity index (χ0n) is 14.2. The summed E-state index contributed by atoms with van der Waals surface area (Å²) in [6.45, 7) is 3.88. The minimum atomic E-state index is -1.27. The number of carbonyl (C=O) groups excluding carboxylic acids is 2. The molecular formula is C16H26BN3O4. The molecule has 132 valence electrons. The van der Waals surface area contributed by atoms with Gasteiger partial charge in [0.05, 0.1) is 0 Å². The Morgan fingerprint density at radius 1 is 1.29 bits per heavy atom. The van der Waals surface area contributed by atoms with E-state index in [9.17, 15) is 9.59 Å². The SMILES string of the molecule is CC(C)(C(=O)NCc1ccccc1)C(=O)N[C@@H](CCCN)OBO. The van der Waals surface area contributed by atoms with E-state index in [4.69, 9.17) is 15.4 Å². The third kappa shape index (κ3) is 6.31. The maximum Gasteiger partial charge on any atom is 0.436 e. The van der Waals surface area contributed by atoms with Crippen molar-refractivity contribution in [3.05, 3.63) is 35.9 Å². The van der Waals surface area contributed by atoms with Gasteiger partial charge in [-0.1, -0.05) is 30.3 Å². The standard InChI is InChI=1S/C16H26BN3O4/c1-16(2,14(21)19-11-12-7-4-3-5-8-12)15(22)20-13(24-17-23)9-6-10-18/h3-5,7-8,13,17,23H,6,9-11,18H2,1-2H3,(H,19,21)(H,20,22)/t13-/m1/s1. The number of rotatable bonds is 10. The van der Waals surface area contributed by atoms with Crippen molar-refractivity contribution in [1.82, 2.24) is 10.6 Å². The minimum absolute atomic E-state index is 0.347. The van der Waals surface area contributed by atoms with Crippen LogP contribution in [0.25, 0.3) is 0 Å². The van der Waals surface area contributed by atoms with Crippen LogP contribution < -0.4 is 16.4 Å². The van der Waals surface area contributed by atoms with Crippen molar-refractivity contribution in [2.45, 2.75) is 39.5 Å². The molecular weight excluding hydrogens is 309 g/mol. The number of carbonyl (C=O) groups is 2. The maximum absolute atomic E-state index is 12.4. The molecule has 0 spiro atoms. The topological polar surface area (TPSA) is 114 Å². The van der Waals surface area contributed by atoms with E-state index in [2.05, 4.69) is 10.6 Å². The van der Waals surface area contributed by atoms with Gasteiger partial charge in [-0.2, -0.15) is 0 Å². The number of hydrogen-bond donors (Lipinski definition) is 4. The monoisotopic (exact) mass is 335 g/mol. The van der Waals surface area contributed by atoms with E-state index < -0.39 is 25.2 Å². The molecule has 24 heavy (non-hydrogen) atoms. The predicted molar refractivity (Wildman–Crippen MR) is 92.7 cm³/mol. The molecule has 0 fully saturated rings. The van der Waals surface area contributed by atoms with Crippen molar-refractivity contribution in [3.63, 3.8) is 0 Å². The van der Waals surface area contributed by atoms with E-state index in [1.165, 1.54) is 0 Å². The van der Waals surface area contributed by atoms with Crippen LogP contribution in [0.2, 0.25) is 0 Å². The Morgan fingerprint density at radius 2 is 1.96 bits per heavy atom. The van der Waals surface area contributed by atoms with Crippen LogP contribution in [0.1, 0.15) is 32.3 Å². The molecule has 0 radical (unpaired) electrons.